The zero-order chi connectivity index (χ0) is 12.9. The van der Waals surface area contributed by atoms with Gasteiger partial charge in [0.2, 0.25) is 11.7 Å². The second-order valence-electron chi connectivity index (χ2n) is 5.24. The van der Waals surface area contributed by atoms with Gasteiger partial charge in [-0.1, -0.05) is 25.9 Å². The zero-order valence-electron chi connectivity index (χ0n) is 11.4. The lowest BCUT2D eigenvalue weighted by molar-refractivity contribution is 0.00718. The Balaban J connectivity index is 2.66. The van der Waals surface area contributed by atoms with Gasteiger partial charge in [0.25, 0.3) is 0 Å². The summed E-state index contributed by atoms with van der Waals surface area (Å²) in [6, 6.07) is 0. The molecule has 0 aliphatic heterocycles. The summed E-state index contributed by atoms with van der Waals surface area (Å²) in [7, 11) is 3.60. The van der Waals surface area contributed by atoms with Crippen molar-refractivity contribution in [2.45, 2.75) is 39.7 Å². The largest absolute Gasteiger partial charge is 0.373 e. The maximum Gasteiger partial charge on any atom is 0.226 e. The van der Waals surface area contributed by atoms with Crippen LogP contribution in [0.4, 0.5) is 0 Å². The minimum absolute atomic E-state index is 0.0408. The van der Waals surface area contributed by atoms with Crippen molar-refractivity contribution in [3.8, 4) is 0 Å². The summed E-state index contributed by atoms with van der Waals surface area (Å²) < 4.78 is 10.7. The molecule has 0 radical (unpaired) electrons. The Hall–Kier alpha value is -0.940. The van der Waals surface area contributed by atoms with Crippen LogP contribution in [0.2, 0.25) is 0 Å². The van der Waals surface area contributed by atoms with Crippen LogP contribution in [0.5, 0.6) is 0 Å². The van der Waals surface area contributed by atoms with Crippen molar-refractivity contribution >= 4 is 0 Å². The summed E-state index contributed by atoms with van der Waals surface area (Å²) in [5, 5.41) is 7.09. The van der Waals surface area contributed by atoms with E-state index in [1.165, 1.54) is 0 Å². The molecule has 0 fully saturated rings. The van der Waals surface area contributed by atoms with Crippen LogP contribution in [-0.4, -0.2) is 30.8 Å². The molecule has 0 amide bonds. The lowest BCUT2D eigenvalue weighted by atomic mass is 9.88. The molecular formula is C12H23N3O2. The summed E-state index contributed by atoms with van der Waals surface area (Å²) in [5.41, 5.74) is -0.0408. The van der Waals surface area contributed by atoms with Crippen LogP contribution >= 0.6 is 0 Å². The Morgan fingerprint density at radius 2 is 2.12 bits per heavy atom. The maximum absolute atomic E-state index is 5.44. The van der Waals surface area contributed by atoms with Crippen molar-refractivity contribution in [3.05, 3.63) is 11.7 Å². The van der Waals surface area contributed by atoms with Gasteiger partial charge in [0.05, 0.1) is 0 Å². The minimum Gasteiger partial charge on any atom is -0.373 e. The predicted octanol–water partition coefficient (Wildman–Crippen LogP) is 1.96. The number of nitrogens with one attached hydrogen (secondary N) is 1. The maximum atomic E-state index is 5.44. The molecule has 0 saturated carbocycles. The van der Waals surface area contributed by atoms with Crippen molar-refractivity contribution < 1.29 is 9.26 Å². The summed E-state index contributed by atoms with van der Waals surface area (Å²) >= 11 is 0. The fourth-order valence-electron chi connectivity index (χ4n) is 1.74. The highest BCUT2D eigenvalue weighted by Crippen LogP contribution is 2.33. The molecule has 1 heterocycles. The van der Waals surface area contributed by atoms with E-state index in [9.17, 15) is 0 Å². The van der Waals surface area contributed by atoms with E-state index >= 15 is 0 Å². The molecule has 0 saturated heterocycles. The van der Waals surface area contributed by atoms with Gasteiger partial charge in [-0.05, 0) is 25.4 Å². The van der Waals surface area contributed by atoms with Gasteiger partial charge >= 0.3 is 0 Å². The average Bonchev–Trinajstić information content (AvgIpc) is 2.66. The third-order valence-electron chi connectivity index (χ3n) is 2.56. The van der Waals surface area contributed by atoms with Gasteiger partial charge in [-0.15, -0.1) is 0 Å². The molecule has 1 rings (SSSR count). The van der Waals surface area contributed by atoms with Crippen LogP contribution in [0.3, 0.4) is 0 Å². The monoisotopic (exact) mass is 241 g/mol. The summed E-state index contributed by atoms with van der Waals surface area (Å²) in [5.74, 6) is 1.32. The van der Waals surface area contributed by atoms with E-state index in [0.717, 1.165) is 19.4 Å². The summed E-state index contributed by atoms with van der Waals surface area (Å²) in [6.07, 6.45) is 1.66. The van der Waals surface area contributed by atoms with E-state index < -0.39 is 0 Å². The number of ether oxygens (including phenoxy) is 1. The van der Waals surface area contributed by atoms with E-state index in [2.05, 4.69) is 36.2 Å². The van der Waals surface area contributed by atoms with Crippen LogP contribution in [0.15, 0.2) is 4.52 Å². The molecule has 98 valence electrons. The molecule has 1 aromatic heterocycles. The molecule has 0 aliphatic carbocycles. The van der Waals surface area contributed by atoms with E-state index in [-0.39, 0.29) is 11.5 Å². The van der Waals surface area contributed by atoms with Crippen LogP contribution in [0.1, 0.15) is 45.0 Å². The quantitative estimate of drug-likeness (QED) is 0.771. The SMILES string of the molecule is CNCCCc1nc(C(OC)C(C)(C)C)no1. The molecule has 1 aromatic rings. The Bertz CT molecular complexity index is 331. The van der Waals surface area contributed by atoms with E-state index in [1.807, 2.05) is 7.05 Å². The van der Waals surface area contributed by atoms with Crippen LogP contribution in [0.25, 0.3) is 0 Å². The highest BCUT2D eigenvalue weighted by molar-refractivity contribution is 4.96. The first kappa shape index (κ1) is 14.1. The molecule has 5 nitrogen and oxygen atoms in total. The number of hydrogen-bond donors (Lipinski definition) is 1. The van der Waals surface area contributed by atoms with Crippen LogP contribution in [0, 0.1) is 5.41 Å². The number of aryl methyl sites for hydroxylation is 1. The topological polar surface area (TPSA) is 60.2 Å². The summed E-state index contributed by atoms with van der Waals surface area (Å²) in [6.45, 7) is 7.24. The number of rotatable bonds is 6. The second kappa shape index (κ2) is 6.12. The minimum atomic E-state index is -0.135. The Morgan fingerprint density at radius 3 is 2.65 bits per heavy atom. The van der Waals surface area contributed by atoms with Crippen molar-refractivity contribution in [3.63, 3.8) is 0 Å². The van der Waals surface area contributed by atoms with E-state index in [0.29, 0.717) is 11.7 Å². The molecular weight excluding hydrogens is 218 g/mol. The van der Waals surface area contributed by atoms with Crippen molar-refractivity contribution in [2.75, 3.05) is 20.7 Å². The first-order valence-electron chi connectivity index (χ1n) is 5.99. The van der Waals surface area contributed by atoms with Crippen LogP contribution in [-0.2, 0) is 11.2 Å². The summed E-state index contributed by atoms with van der Waals surface area (Å²) in [4.78, 5) is 4.39. The second-order valence-corrected chi connectivity index (χ2v) is 5.24. The molecule has 1 N–H and O–H groups in total. The van der Waals surface area contributed by atoms with E-state index in [4.69, 9.17) is 9.26 Å². The highest BCUT2D eigenvalue weighted by atomic mass is 16.5. The third-order valence-corrected chi connectivity index (χ3v) is 2.56. The van der Waals surface area contributed by atoms with Crippen molar-refractivity contribution in [2.24, 2.45) is 5.41 Å². The number of methoxy groups -OCH3 is 1. The van der Waals surface area contributed by atoms with Gasteiger partial charge < -0.3 is 14.6 Å². The predicted molar refractivity (Wildman–Crippen MR) is 65.8 cm³/mol. The van der Waals surface area contributed by atoms with Gasteiger partial charge in [0, 0.05) is 13.5 Å². The number of aromatic nitrogens is 2. The number of hydrogen-bond acceptors (Lipinski definition) is 5. The molecule has 0 aromatic carbocycles. The third kappa shape index (κ3) is 4.09. The van der Waals surface area contributed by atoms with Gasteiger partial charge in [-0.3, -0.25) is 0 Å². The van der Waals surface area contributed by atoms with Gasteiger partial charge in [0.1, 0.15) is 6.10 Å². The molecule has 1 unspecified atom stereocenters. The molecule has 1 atom stereocenters. The average molecular weight is 241 g/mol. The molecule has 0 spiro atoms. The first-order valence-corrected chi connectivity index (χ1v) is 5.99. The molecule has 5 heteroatoms. The number of nitrogens with zero attached hydrogens (tertiary/aromatic N) is 2. The van der Waals surface area contributed by atoms with Gasteiger partial charge in [-0.2, -0.15) is 4.98 Å². The van der Waals surface area contributed by atoms with Crippen molar-refractivity contribution in [1.82, 2.24) is 15.5 Å². The lowest BCUT2D eigenvalue weighted by Crippen LogP contribution is -2.21. The molecule has 0 aliphatic rings. The Kier molecular flexibility index (Phi) is 5.08. The smallest absolute Gasteiger partial charge is 0.226 e. The normalized spacial score (nSPS) is 13.9. The zero-order valence-corrected chi connectivity index (χ0v) is 11.4. The lowest BCUT2D eigenvalue weighted by Gasteiger charge is -2.26. The molecule has 17 heavy (non-hydrogen) atoms. The molecule has 0 bridgehead atoms. The highest BCUT2D eigenvalue weighted by Gasteiger charge is 2.30. The standard InChI is InChI=1S/C12H23N3O2/c1-12(2,3)10(16-5)11-14-9(17-15-11)7-6-8-13-4/h10,13H,6-8H2,1-5H3. The van der Waals surface area contributed by atoms with Gasteiger partial charge in [-0.25, -0.2) is 0 Å². The first-order chi connectivity index (χ1) is 7.99. The van der Waals surface area contributed by atoms with Crippen LogP contribution < -0.4 is 5.32 Å². The van der Waals surface area contributed by atoms with Crippen molar-refractivity contribution in [1.29, 1.82) is 0 Å². The fourth-order valence-corrected chi connectivity index (χ4v) is 1.74. The Labute approximate surface area is 103 Å². The van der Waals surface area contributed by atoms with E-state index in [1.54, 1.807) is 7.11 Å². The fraction of sp³-hybridized carbons (Fsp3) is 0.833. The Morgan fingerprint density at radius 1 is 1.41 bits per heavy atom. The van der Waals surface area contributed by atoms with Gasteiger partial charge in [0.15, 0.2) is 0 Å².